The van der Waals surface area contributed by atoms with Crippen molar-refractivity contribution >= 4 is 0 Å². The van der Waals surface area contributed by atoms with Crippen LogP contribution in [-0.4, -0.2) is 0 Å². The zero-order valence-electron chi connectivity index (χ0n) is 6.02. The third kappa shape index (κ3) is 3.59. The van der Waals surface area contributed by atoms with E-state index in [1.165, 1.54) is 0 Å². The Bertz CT molecular complexity index is 152. The molecule has 0 aliphatic rings. The highest BCUT2D eigenvalue weighted by atomic mass is 14.5. The van der Waals surface area contributed by atoms with Crippen LogP contribution in [0.1, 0.15) is 13.8 Å². The van der Waals surface area contributed by atoms with Crippen LogP contribution >= 0.6 is 0 Å². The minimum absolute atomic E-state index is 0.714. The third-order valence-electron chi connectivity index (χ3n) is 1.09. The van der Waals surface area contributed by atoms with Gasteiger partial charge in [-0.3, -0.25) is 0 Å². The lowest BCUT2D eigenvalue weighted by molar-refractivity contribution is 1.37. The molecular formula is C8H13N. The highest BCUT2D eigenvalue weighted by molar-refractivity contribution is 5.24. The molecule has 1 heteroatoms. The number of allylic oxidation sites excluding steroid dienone is 4. The fraction of sp³-hybridized carbons (Fsp3) is 0.250. The van der Waals surface area contributed by atoms with E-state index in [0.29, 0.717) is 5.70 Å². The van der Waals surface area contributed by atoms with Crippen molar-refractivity contribution in [2.24, 2.45) is 5.73 Å². The normalized spacial score (nSPS) is 13.6. The van der Waals surface area contributed by atoms with E-state index in [0.717, 1.165) is 5.57 Å². The Morgan fingerprint density at radius 1 is 1.56 bits per heavy atom. The minimum Gasteiger partial charge on any atom is -0.399 e. The molecule has 0 spiro atoms. The summed E-state index contributed by atoms with van der Waals surface area (Å²) < 4.78 is 0. The van der Waals surface area contributed by atoms with Gasteiger partial charge < -0.3 is 5.73 Å². The van der Waals surface area contributed by atoms with Gasteiger partial charge in [-0.15, -0.1) is 0 Å². The maximum Gasteiger partial charge on any atom is 0.0310 e. The average Bonchev–Trinajstić information content (AvgIpc) is 1.87. The maximum atomic E-state index is 5.45. The molecule has 0 rings (SSSR count). The molecule has 50 valence electrons. The molecule has 0 aliphatic heterocycles. The van der Waals surface area contributed by atoms with Gasteiger partial charge in [-0.2, -0.15) is 0 Å². The van der Waals surface area contributed by atoms with Gasteiger partial charge in [0.1, 0.15) is 0 Å². The molecule has 9 heavy (non-hydrogen) atoms. The summed E-state index contributed by atoms with van der Waals surface area (Å²) in [6.45, 7) is 7.50. The van der Waals surface area contributed by atoms with Crippen LogP contribution in [0.4, 0.5) is 0 Å². The molecule has 0 aromatic heterocycles. The summed E-state index contributed by atoms with van der Waals surface area (Å²) in [5.41, 5.74) is 7.32. The lowest BCUT2D eigenvalue weighted by Gasteiger charge is -1.90. The summed E-state index contributed by atoms with van der Waals surface area (Å²) in [6, 6.07) is 0. The predicted octanol–water partition coefficient (Wildman–Crippen LogP) is 1.98. The smallest absolute Gasteiger partial charge is 0.0310 e. The summed E-state index contributed by atoms with van der Waals surface area (Å²) in [6.07, 6.45) is 5.51. The first kappa shape index (κ1) is 8.02. The molecule has 0 aromatic rings. The van der Waals surface area contributed by atoms with Crippen molar-refractivity contribution in [2.75, 3.05) is 0 Å². The Labute approximate surface area is 56.6 Å². The Morgan fingerprint density at radius 2 is 2.11 bits per heavy atom. The van der Waals surface area contributed by atoms with Crippen molar-refractivity contribution in [1.82, 2.24) is 0 Å². The second kappa shape index (κ2) is 3.96. The summed E-state index contributed by atoms with van der Waals surface area (Å²) in [4.78, 5) is 0. The van der Waals surface area contributed by atoms with Crippen LogP contribution in [0.2, 0.25) is 0 Å². The van der Waals surface area contributed by atoms with Crippen LogP contribution in [0.15, 0.2) is 36.1 Å². The van der Waals surface area contributed by atoms with Gasteiger partial charge in [0.2, 0.25) is 0 Å². The Balaban J connectivity index is 4.11. The molecule has 0 bridgehead atoms. The van der Waals surface area contributed by atoms with E-state index in [2.05, 4.69) is 6.58 Å². The number of nitrogens with two attached hydrogens (primary N) is 1. The van der Waals surface area contributed by atoms with Gasteiger partial charge in [-0.1, -0.05) is 18.2 Å². The largest absolute Gasteiger partial charge is 0.399 e. The van der Waals surface area contributed by atoms with Crippen LogP contribution in [0.3, 0.4) is 0 Å². The van der Waals surface area contributed by atoms with Crippen molar-refractivity contribution in [3.63, 3.8) is 0 Å². The second-order valence-electron chi connectivity index (χ2n) is 1.88. The van der Waals surface area contributed by atoms with E-state index in [4.69, 9.17) is 5.73 Å². The first-order valence-corrected chi connectivity index (χ1v) is 2.93. The zero-order valence-corrected chi connectivity index (χ0v) is 6.02. The van der Waals surface area contributed by atoms with Crippen molar-refractivity contribution in [3.05, 3.63) is 36.1 Å². The monoisotopic (exact) mass is 123 g/mol. The van der Waals surface area contributed by atoms with E-state index >= 15 is 0 Å². The van der Waals surface area contributed by atoms with Gasteiger partial charge in [-0.25, -0.2) is 0 Å². The van der Waals surface area contributed by atoms with Gasteiger partial charge >= 0.3 is 0 Å². The molecular weight excluding hydrogens is 110 g/mol. The van der Waals surface area contributed by atoms with Crippen LogP contribution < -0.4 is 5.73 Å². The topological polar surface area (TPSA) is 26.0 Å². The predicted molar refractivity (Wildman–Crippen MR) is 41.9 cm³/mol. The summed E-state index contributed by atoms with van der Waals surface area (Å²) in [5.74, 6) is 0. The van der Waals surface area contributed by atoms with E-state index in [9.17, 15) is 0 Å². The molecule has 1 nitrogen and oxygen atoms in total. The van der Waals surface area contributed by atoms with Gasteiger partial charge in [0.15, 0.2) is 0 Å². The summed E-state index contributed by atoms with van der Waals surface area (Å²) in [7, 11) is 0. The average molecular weight is 123 g/mol. The Kier molecular flexibility index (Phi) is 3.52. The van der Waals surface area contributed by atoms with E-state index in [1.807, 2.05) is 26.0 Å². The van der Waals surface area contributed by atoms with Crippen molar-refractivity contribution in [1.29, 1.82) is 0 Å². The van der Waals surface area contributed by atoms with E-state index in [-0.39, 0.29) is 0 Å². The standard InChI is InChI=1S/C8H13N/c1-4-7(3)6-8(9)5-2/h4-6H,2,9H2,1,3H3/b7-4-,8-6+. The van der Waals surface area contributed by atoms with E-state index < -0.39 is 0 Å². The Hall–Kier alpha value is -0.980. The molecule has 0 amide bonds. The number of hydrogen-bond donors (Lipinski definition) is 1. The first-order chi connectivity index (χ1) is 4.20. The summed E-state index contributed by atoms with van der Waals surface area (Å²) in [5, 5.41) is 0. The van der Waals surface area contributed by atoms with Gasteiger partial charge in [0.25, 0.3) is 0 Å². The zero-order chi connectivity index (χ0) is 7.28. The molecule has 2 N–H and O–H groups in total. The van der Waals surface area contributed by atoms with E-state index in [1.54, 1.807) is 6.08 Å². The van der Waals surface area contributed by atoms with Gasteiger partial charge in [0.05, 0.1) is 0 Å². The molecule has 0 radical (unpaired) electrons. The molecule has 0 atom stereocenters. The van der Waals surface area contributed by atoms with Crippen LogP contribution in [0, 0.1) is 0 Å². The lowest BCUT2D eigenvalue weighted by Crippen LogP contribution is -1.91. The fourth-order valence-electron chi connectivity index (χ4n) is 0.405. The SMILES string of the molecule is C=C/C(N)=C\C(C)=C/C. The van der Waals surface area contributed by atoms with Gasteiger partial charge in [0, 0.05) is 5.70 Å². The highest BCUT2D eigenvalue weighted by Gasteiger charge is 1.80. The third-order valence-corrected chi connectivity index (χ3v) is 1.09. The summed E-state index contributed by atoms with van der Waals surface area (Å²) >= 11 is 0. The Morgan fingerprint density at radius 3 is 2.44 bits per heavy atom. The van der Waals surface area contributed by atoms with Crippen molar-refractivity contribution in [2.45, 2.75) is 13.8 Å². The molecule has 0 unspecified atom stereocenters. The highest BCUT2D eigenvalue weighted by Crippen LogP contribution is 1.96. The lowest BCUT2D eigenvalue weighted by atomic mass is 10.2. The number of rotatable bonds is 2. The quantitative estimate of drug-likeness (QED) is 0.558. The molecule has 0 fully saturated rings. The fourth-order valence-corrected chi connectivity index (χ4v) is 0.405. The minimum atomic E-state index is 0.714. The number of hydrogen-bond acceptors (Lipinski definition) is 1. The van der Waals surface area contributed by atoms with Crippen LogP contribution in [0.25, 0.3) is 0 Å². The molecule has 0 saturated carbocycles. The van der Waals surface area contributed by atoms with Crippen LogP contribution in [0.5, 0.6) is 0 Å². The van der Waals surface area contributed by atoms with Crippen molar-refractivity contribution < 1.29 is 0 Å². The second-order valence-corrected chi connectivity index (χ2v) is 1.88. The first-order valence-electron chi connectivity index (χ1n) is 2.93. The molecule has 0 saturated heterocycles. The molecule has 0 heterocycles. The molecule has 0 aliphatic carbocycles. The van der Waals surface area contributed by atoms with Crippen LogP contribution in [-0.2, 0) is 0 Å². The van der Waals surface area contributed by atoms with Crippen molar-refractivity contribution in [3.8, 4) is 0 Å². The maximum absolute atomic E-state index is 5.45. The van der Waals surface area contributed by atoms with Gasteiger partial charge in [-0.05, 0) is 26.0 Å². The molecule has 0 aromatic carbocycles.